The van der Waals surface area contributed by atoms with Crippen LogP contribution in [0.25, 0.3) is 0 Å². The van der Waals surface area contributed by atoms with Crippen LogP contribution in [0.1, 0.15) is 75.7 Å². The zero-order chi connectivity index (χ0) is 39.7. The van der Waals surface area contributed by atoms with Crippen LogP contribution in [0.5, 0.6) is 0 Å². The average Bonchev–Trinajstić information content (AvgIpc) is 2.87. The Balaban J connectivity index is -0.000000634. The molecule has 0 heterocycles. The lowest BCUT2D eigenvalue weighted by molar-refractivity contribution is -0.305. The van der Waals surface area contributed by atoms with Crippen LogP contribution in [0.4, 0.5) is 39.5 Å². The second kappa shape index (κ2) is 17.5. The molecule has 0 aromatic carbocycles. The molecule has 0 saturated heterocycles. The van der Waals surface area contributed by atoms with Crippen LogP contribution in [0.15, 0.2) is 37.0 Å². The van der Waals surface area contributed by atoms with Crippen LogP contribution < -0.4 is 0 Å². The van der Waals surface area contributed by atoms with Crippen molar-refractivity contribution in [3.05, 3.63) is 37.0 Å². The summed E-state index contributed by atoms with van der Waals surface area (Å²) < 4.78 is 126. The Hall–Kier alpha value is -3.12. The molecular weight excluding hydrogens is 675 g/mol. The number of hydrogen-bond acceptors (Lipinski definition) is 9. The number of esters is 3. The van der Waals surface area contributed by atoms with E-state index in [0.29, 0.717) is 20.8 Å². The molecular formula is C30H45F9O9. The molecule has 0 aliphatic carbocycles. The summed E-state index contributed by atoms with van der Waals surface area (Å²) in [5, 5.41) is 28.1. The number of aliphatic hydroxyl groups is 3. The third kappa shape index (κ3) is 13.8. The normalized spacial score (nSPS) is 17.2. The lowest BCUT2D eigenvalue weighted by Crippen LogP contribution is -2.59. The number of ether oxygens (including phenoxy) is 3. The van der Waals surface area contributed by atoms with Crippen LogP contribution >= 0.6 is 0 Å². The molecule has 18 heteroatoms. The Morgan fingerprint density at radius 3 is 1.31 bits per heavy atom. The predicted molar refractivity (Wildman–Crippen MR) is 155 cm³/mol. The van der Waals surface area contributed by atoms with Crippen molar-refractivity contribution < 1.29 is 83.4 Å². The van der Waals surface area contributed by atoms with E-state index in [-0.39, 0.29) is 17.6 Å². The van der Waals surface area contributed by atoms with Gasteiger partial charge in [-0.1, -0.05) is 40.5 Å². The predicted octanol–water partition coefficient (Wildman–Crippen LogP) is 6.45. The first-order valence-electron chi connectivity index (χ1n) is 13.9. The van der Waals surface area contributed by atoms with Gasteiger partial charge in [-0.25, -0.2) is 14.4 Å². The fourth-order valence-corrected chi connectivity index (χ4v) is 3.02. The van der Waals surface area contributed by atoms with Gasteiger partial charge in [0.05, 0.1) is 0 Å². The molecule has 282 valence electrons. The molecule has 0 aliphatic heterocycles. The van der Waals surface area contributed by atoms with Crippen LogP contribution in [0.3, 0.4) is 0 Å². The molecule has 0 aromatic heterocycles. The first kappa shape index (κ1) is 49.3. The first-order valence-corrected chi connectivity index (χ1v) is 13.9. The van der Waals surface area contributed by atoms with Gasteiger partial charge in [0.1, 0.15) is 17.8 Å². The quantitative estimate of drug-likeness (QED) is 0.0952. The third-order valence-corrected chi connectivity index (χ3v) is 6.73. The summed E-state index contributed by atoms with van der Waals surface area (Å²) in [7, 11) is 0. The van der Waals surface area contributed by atoms with E-state index in [2.05, 4.69) is 33.9 Å². The number of carbonyl (C=O) groups is 3. The molecule has 0 rings (SSSR count). The van der Waals surface area contributed by atoms with Gasteiger partial charge in [0.25, 0.3) is 0 Å². The second-order valence-corrected chi connectivity index (χ2v) is 11.9. The topological polar surface area (TPSA) is 140 Å². The molecule has 0 amide bonds. The van der Waals surface area contributed by atoms with Crippen molar-refractivity contribution in [1.82, 2.24) is 0 Å². The molecule has 3 N–H and O–H groups in total. The first-order chi connectivity index (χ1) is 20.9. The number of rotatable bonds is 11. The maximum absolute atomic E-state index is 12.6. The zero-order valence-electron chi connectivity index (χ0n) is 28.3. The molecule has 0 fully saturated rings. The van der Waals surface area contributed by atoms with E-state index >= 15 is 0 Å². The highest BCUT2D eigenvalue weighted by Gasteiger charge is 2.61. The van der Waals surface area contributed by atoms with E-state index in [0.717, 1.165) is 19.9 Å². The minimum atomic E-state index is -4.89. The minimum absolute atomic E-state index is 0.0172. The van der Waals surface area contributed by atoms with Crippen molar-refractivity contribution in [2.24, 2.45) is 5.92 Å². The Labute approximate surface area is 273 Å². The fraction of sp³-hybridized carbons (Fsp3) is 0.700. The summed E-state index contributed by atoms with van der Waals surface area (Å²) in [5.41, 5.74) is -11.4. The summed E-state index contributed by atoms with van der Waals surface area (Å²) in [4.78, 5) is 33.1. The maximum Gasteiger partial charge on any atom is 0.420 e. The van der Waals surface area contributed by atoms with Gasteiger partial charge in [-0.3, -0.25) is 0 Å². The molecule has 48 heavy (non-hydrogen) atoms. The van der Waals surface area contributed by atoms with Crippen molar-refractivity contribution in [2.75, 3.05) is 0 Å². The third-order valence-electron chi connectivity index (χ3n) is 6.73. The summed E-state index contributed by atoms with van der Waals surface area (Å²) in [5.74, 6) is -3.61. The Bertz CT molecular complexity index is 1130. The van der Waals surface area contributed by atoms with Crippen LogP contribution in [0.2, 0.25) is 0 Å². The van der Waals surface area contributed by atoms with Crippen molar-refractivity contribution >= 4 is 17.9 Å². The van der Waals surface area contributed by atoms with Gasteiger partial charge in [0, 0.05) is 17.2 Å². The summed E-state index contributed by atoms with van der Waals surface area (Å²) in [6.07, 6.45) is -17.4. The number of alkyl halides is 9. The molecule has 0 aliphatic rings. The van der Waals surface area contributed by atoms with Gasteiger partial charge in [-0.15, -0.1) is 0 Å². The minimum Gasteiger partial charge on any atom is -0.456 e. The van der Waals surface area contributed by atoms with Crippen LogP contribution in [0, 0.1) is 5.92 Å². The zero-order valence-corrected chi connectivity index (χ0v) is 28.3. The van der Waals surface area contributed by atoms with Gasteiger partial charge < -0.3 is 29.5 Å². The Morgan fingerprint density at radius 2 is 1.06 bits per heavy atom. The van der Waals surface area contributed by atoms with Crippen molar-refractivity contribution in [3.8, 4) is 0 Å². The summed E-state index contributed by atoms with van der Waals surface area (Å²) >= 11 is 0. The largest absolute Gasteiger partial charge is 0.456 e. The van der Waals surface area contributed by atoms with Gasteiger partial charge in [-0.2, -0.15) is 39.5 Å². The summed E-state index contributed by atoms with van der Waals surface area (Å²) in [6.45, 7) is 20.1. The van der Waals surface area contributed by atoms with Gasteiger partial charge in [-0.05, 0) is 60.8 Å². The smallest absolute Gasteiger partial charge is 0.420 e. The molecule has 0 aromatic rings. The molecule has 0 bridgehead atoms. The van der Waals surface area contributed by atoms with E-state index in [1.54, 1.807) is 0 Å². The molecule has 5 atom stereocenters. The standard InChI is InChI=1S/C11H17F3O3.C10H15F3O3.C9H13F3O3/c1-6(2)8(17-9(15)7(3)4)10(5,16)11(12,13)14;1-5-7(16-8(14)6(2)3)9(4,15)10(11,12)13;1-5-6(13)15-7(2,3)8(4,14)9(10,11)12/h6,8,16H,3H2,1-2,4-5H3;7,15H,2,5H2,1,3-4H3;5,14H,1H2,2-4H3. The average molecular weight is 721 g/mol. The molecule has 5 unspecified atom stereocenters. The van der Waals surface area contributed by atoms with Crippen molar-refractivity contribution in [3.63, 3.8) is 0 Å². The lowest BCUT2D eigenvalue weighted by Gasteiger charge is -2.39. The van der Waals surface area contributed by atoms with Crippen LogP contribution in [-0.4, -0.2) is 86.4 Å². The number of carbonyl (C=O) groups excluding carboxylic acids is 3. The molecule has 0 radical (unpaired) electrons. The van der Waals surface area contributed by atoms with E-state index < -0.39 is 77.0 Å². The molecule has 9 nitrogen and oxygen atoms in total. The highest BCUT2D eigenvalue weighted by atomic mass is 19.4. The van der Waals surface area contributed by atoms with E-state index in [9.17, 15) is 69.2 Å². The van der Waals surface area contributed by atoms with Gasteiger partial charge in [0.15, 0.2) is 16.8 Å². The molecule has 0 saturated carbocycles. The lowest BCUT2D eigenvalue weighted by atomic mass is 9.87. The van der Waals surface area contributed by atoms with Gasteiger partial charge >= 0.3 is 36.4 Å². The van der Waals surface area contributed by atoms with Gasteiger partial charge in [0.2, 0.25) is 0 Å². The summed E-state index contributed by atoms with van der Waals surface area (Å²) in [6, 6.07) is 0. The SMILES string of the molecule is C=C(C)C(=O)OC(C(C)C)C(C)(O)C(F)(F)F.C=C(C)C(=O)OC(CC)C(C)(O)C(F)(F)F.C=CC(=O)OC(C)(C)C(C)(O)C(F)(F)F. The van der Waals surface area contributed by atoms with Crippen molar-refractivity contribution in [2.45, 2.75) is 129 Å². The fourth-order valence-electron chi connectivity index (χ4n) is 3.02. The van der Waals surface area contributed by atoms with E-state index in [4.69, 9.17) is 0 Å². The van der Waals surface area contributed by atoms with Crippen molar-refractivity contribution in [1.29, 1.82) is 0 Å². The number of hydrogen-bond donors (Lipinski definition) is 3. The second-order valence-electron chi connectivity index (χ2n) is 11.9. The van der Waals surface area contributed by atoms with E-state index in [1.807, 2.05) is 0 Å². The molecule has 0 spiro atoms. The maximum atomic E-state index is 12.6. The highest BCUT2D eigenvalue weighted by Crippen LogP contribution is 2.40. The van der Waals surface area contributed by atoms with E-state index in [1.165, 1.54) is 34.6 Å². The highest BCUT2D eigenvalue weighted by molar-refractivity contribution is 5.87. The monoisotopic (exact) mass is 720 g/mol. The Morgan fingerprint density at radius 1 is 0.708 bits per heavy atom. The number of halogens is 9. The van der Waals surface area contributed by atoms with Crippen LogP contribution in [-0.2, 0) is 28.6 Å². The Kier molecular flexibility index (Phi) is 18.0.